The third kappa shape index (κ3) is 5.19. The molecule has 4 nitrogen and oxygen atoms in total. The SMILES string of the molecule is COc1ccc(Cc2ccc(C3CN(Cc4ccc(F)cc4)CCO3)nc2)cc1. The van der Waals surface area contributed by atoms with E-state index in [1.54, 1.807) is 7.11 Å². The maximum atomic E-state index is 13.1. The first-order valence-corrected chi connectivity index (χ1v) is 9.86. The summed E-state index contributed by atoms with van der Waals surface area (Å²) in [6.45, 7) is 3.10. The van der Waals surface area contributed by atoms with Gasteiger partial charge in [-0.05, 0) is 53.4 Å². The van der Waals surface area contributed by atoms with Crippen molar-refractivity contribution in [2.24, 2.45) is 0 Å². The van der Waals surface area contributed by atoms with E-state index < -0.39 is 0 Å². The summed E-state index contributed by atoms with van der Waals surface area (Å²) in [7, 11) is 1.67. The highest BCUT2D eigenvalue weighted by Gasteiger charge is 2.23. The smallest absolute Gasteiger partial charge is 0.123 e. The van der Waals surface area contributed by atoms with E-state index >= 15 is 0 Å². The van der Waals surface area contributed by atoms with Crippen LogP contribution in [-0.4, -0.2) is 36.7 Å². The molecule has 0 spiro atoms. The van der Waals surface area contributed by atoms with Crippen LogP contribution in [-0.2, 0) is 17.7 Å². The van der Waals surface area contributed by atoms with Crippen molar-refractivity contribution in [2.75, 3.05) is 26.8 Å². The lowest BCUT2D eigenvalue weighted by molar-refractivity contribution is -0.0350. The van der Waals surface area contributed by atoms with Crippen LogP contribution in [0.4, 0.5) is 4.39 Å². The summed E-state index contributed by atoms with van der Waals surface area (Å²) < 4.78 is 24.3. The molecule has 4 rings (SSSR count). The quantitative estimate of drug-likeness (QED) is 0.623. The Bertz CT molecular complexity index is 911. The molecular formula is C24H25FN2O2. The molecule has 5 heteroatoms. The van der Waals surface area contributed by atoms with Crippen molar-refractivity contribution in [1.29, 1.82) is 0 Å². The monoisotopic (exact) mass is 392 g/mol. The van der Waals surface area contributed by atoms with Crippen molar-refractivity contribution in [3.63, 3.8) is 0 Å². The van der Waals surface area contributed by atoms with Crippen LogP contribution in [0.15, 0.2) is 66.9 Å². The molecule has 0 bridgehead atoms. The van der Waals surface area contributed by atoms with Gasteiger partial charge in [-0.15, -0.1) is 0 Å². The van der Waals surface area contributed by atoms with E-state index in [1.165, 1.54) is 17.7 Å². The number of methoxy groups -OCH3 is 1. The zero-order valence-electron chi connectivity index (χ0n) is 16.6. The first-order valence-electron chi connectivity index (χ1n) is 9.86. The van der Waals surface area contributed by atoms with Crippen molar-refractivity contribution >= 4 is 0 Å². The summed E-state index contributed by atoms with van der Waals surface area (Å²) in [6.07, 6.45) is 2.72. The van der Waals surface area contributed by atoms with Crippen LogP contribution in [0.1, 0.15) is 28.5 Å². The summed E-state index contributed by atoms with van der Waals surface area (Å²) in [4.78, 5) is 6.99. The van der Waals surface area contributed by atoms with Crippen molar-refractivity contribution in [3.05, 3.63) is 95.1 Å². The molecule has 1 atom stereocenters. The lowest BCUT2D eigenvalue weighted by Gasteiger charge is -2.32. The highest BCUT2D eigenvalue weighted by Crippen LogP contribution is 2.23. The normalized spacial score (nSPS) is 17.2. The first kappa shape index (κ1) is 19.6. The Kier molecular flexibility index (Phi) is 6.17. The van der Waals surface area contributed by atoms with Crippen LogP contribution < -0.4 is 4.74 Å². The number of nitrogens with zero attached hydrogens (tertiary/aromatic N) is 2. The Morgan fingerprint density at radius 2 is 1.72 bits per heavy atom. The Labute approximate surface area is 170 Å². The fourth-order valence-electron chi connectivity index (χ4n) is 3.58. The predicted octanol–water partition coefficient (Wildman–Crippen LogP) is 4.39. The van der Waals surface area contributed by atoms with E-state index in [0.29, 0.717) is 6.61 Å². The number of halogens is 1. The molecule has 0 radical (unpaired) electrons. The van der Waals surface area contributed by atoms with Crippen LogP contribution in [0.2, 0.25) is 0 Å². The zero-order chi connectivity index (χ0) is 20.1. The van der Waals surface area contributed by atoms with Crippen molar-refractivity contribution in [3.8, 4) is 5.75 Å². The van der Waals surface area contributed by atoms with Gasteiger partial charge >= 0.3 is 0 Å². The third-order valence-electron chi connectivity index (χ3n) is 5.21. The molecular weight excluding hydrogens is 367 g/mol. The van der Waals surface area contributed by atoms with Gasteiger partial charge in [-0.25, -0.2) is 4.39 Å². The van der Waals surface area contributed by atoms with Crippen LogP contribution in [0.5, 0.6) is 5.75 Å². The molecule has 29 heavy (non-hydrogen) atoms. The van der Waals surface area contributed by atoms with Crippen LogP contribution in [0, 0.1) is 5.82 Å². The van der Waals surface area contributed by atoms with E-state index in [4.69, 9.17) is 9.47 Å². The molecule has 0 saturated carbocycles. The number of hydrogen-bond acceptors (Lipinski definition) is 4. The molecule has 150 valence electrons. The van der Waals surface area contributed by atoms with Crippen molar-refractivity contribution < 1.29 is 13.9 Å². The summed E-state index contributed by atoms with van der Waals surface area (Å²) >= 11 is 0. The summed E-state index contributed by atoms with van der Waals surface area (Å²) in [5.74, 6) is 0.661. The molecule has 1 aliphatic rings. The lowest BCUT2D eigenvalue weighted by Crippen LogP contribution is -2.38. The molecule has 0 aliphatic carbocycles. The van der Waals surface area contributed by atoms with Gasteiger partial charge in [0, 0.05) is 25.8 Å². The minimum Gasteiger partial charge on any atom is -0.497 e. The van der Waals surface area contributed by atoms with E-state index in [2.05, 4.69) is 34.1 Å². The fourth-order valence-corrected chi connectivity index (χ4v) is 3.58. The van der Waals surface area contributed by atoms with Crippen molar-refractivity contribution in [2.45, 2.75) is 19.1 Å². The third-order valence-corrected chi connectivity index (χ3v) is 5.21. The Balaban J connectivity index is 1.36. The first-order chi connectivity index (χ1) is 14.2. The standard InChI is InChI=1S/C24H25FN2O2/c1-28-22-9-4-18(5-10-22)14-20-6-11-23(26-15-20)24-17-27(12-13-29-24)16-19-2-7-21(25)8-3-19/h2-11,15,24H,12-14,16-17H2,1H3. The number of morpholine rings is 1. The molecule has 0 amide bonds. The van der Waals surface area contributed by atoms with Gasteiger partial charge in [0.05, 0.1) is 19.4 Å². The van der Waals surface area contributed by atoms with E-state index in [0.717, 1.165) is 48.6 Å². The number of aromatic nitrogens is 1. The molecule has 3 aromatic rings. The van der Waals surface area contributed by atoms with Gasteiger partial charge in [0.2, 0.25) is 0 Å². The Hall–Kier alpha value is -2.76. The summed E-state index contributed by atoms with van der Waals surface area (Å²) in [5, 5.41) is 0. The second kappa shape index (κ2) is 9.16. The second-order valence-corrected chi connectivity index (χ2v) is 7.34. The van der Waals surface area contributed by atoms with Crippen LogP contribution >= 0.6 is 0 Å². The van der Waals surface area contributed by atoms with Crippen LogP contribution in [0.3, 0.4) is 0 Å². The fraction of sp³-hybridized carbons (Fsp3) is 0.292. The number of pyridine rings is 1. The average molecular weight is 392 g/mol. The van der Waals surface area contributed by atoms with Gasteiger partial charge in [-0.2, -0.15) is 0 Å². The molecule has 1 aliphatic heterocycles. The van der Waals surface area contributed by atoms with Gasteiger partial charge in [0.15, 0.2) is 0 Å². The largest absolute Gasteiger partial charge is 0.497 e. The summed E-state index contributed by atoms with van der Waals surface area (Å²) in [5.41, 5.74) is 4.44. The highest BCUT2D eigenvalue weighted by atomic mass is 19.1. The number of ether oxygens (including phenoxy) is 2. The van der Waals surface area contributed by atoms with Crippen molar-refractivity contribution in [1.82, 2.24) is 9.88 Å². The highest BCUT2D eigenvalue weighted by molar-refractivity contribution is 5.31. The molecule has 1 aromatic heterocycles. The summed E-state index contributed by atoms with van der Waals surface area (Å²) in [6, 6.07) is 19.0. The Morgan fingerprint density at radius 3 is 2.41 bits per heavy atom. The van der Waals surface area contributed by atoms with E-state index in [1.807, 2.05) is 30.5 Å². The second-order valence-electron chi connectivity index (χ2n) is 7.34. The number of benzene rings is 2. The molecule has 1 unspecified atom stereocenters. The molecule has 2 aromatic carbocycles. The van der Waals surface area contributed by atoms with Gasteiger partial charge in [0.1, 0.15) is 17.7 Å². The van der Waals surface area contributed by atoms with E-state index in [9.17, 15) is 4.39 Å². The van der Waals surface area contributed by atoms with Gasteiger partial charge < -0.3 is 9.47 Å². The molecule has 2 heterocycles. The molecule has 0 N–H and O–H groups in total. The maximum absolute atomic E-state index is 13.1. The lowest BCUT2D eigenvalue weighted by atomic mass is 10.1. The topological polar surface area (TPSA) is 34.6 Å². The average Bonchev–Trinajstić information content (AvgIpc) is 2.77. The predicted molar refractivity (Wildman–Crippen MR) is 110 cm³/mol. The number of hydrogen-bond donors (Lipinski definition) is 0. The Morgan fingerprint density at radius 1 is 1.00 bits per heavy atom. The van der Waals surface area contributed by atoms with Gasteiger partial charge in [0.25, 0.3) is 0 Å². The van der Waals surface area contributed by atoms with Gasteiger partial charge in [-0.3, -0.25) is 9.88 Å². The molecule has 1 fully saturated rings. The van der Waals surface area contributed by atoms with Crippen LogP contribution in [0.25, 0.3) is 0 Å². The molecule has 1 saturated heterocycles. The minimum atomic E-state index is -0.201. The number of rotatable bonds is 6. The minimum absolute atomic E-state index is 0.0424. The maximum Gasteiger partial charge on any atom is 0.123 e. The van der Waals surface area contributed by atoms with E-state index in [-0.39, 0.29) is 11.9 Å². The van der Waals surface area contributed by atoms with Gasteiger partial charge in [-0.1, -0.05) is 30.3 Å². The zero-order valence-corrected chi connectivity index (χ0v) is 16.6.